The van der Waals surface area contributed by atoms with E-state index in [0.717, 1.165) is 17.7 Å². The fourth-order valence-corrected chi connectivity index (χ4v) is 2.99. The molecule has 0 aromatic heterocycles. The number of aliphatic hydroxyl groups is 1. The normalized spacial score (nSPS) is 19.7. The molecule has 3 rings (SSSR count). The Balaban J connectivity index is 1.55. The van der Waals surface area contributed by atoms with Crippen molar-refractivity contribution in [3.63, 3.8) is 0 Å². The van der Waals surface area contributed by atoms with E-state index in [-0.39, 0.29) is 12.6 Å². The second kappa shape index (κ2) is 6.42. The molecular weight excluding hydrogens is 288 g/mol. The molecule has 2 aromatic rings. The van der Waals surface area contributed by atoms with Crippen molar-refractivity contribution in [3.05, 3.63) is 65.2 Å². The van der Waals surface area contributed by atoms with Crippen LogP contribution in [0.5, 0.6) is 0 Å². The van der Waals surface area contributed by atoms with Crippen LogP contribution in [0.25, 0.3) is 0 Å². The fraction of sp³-hybridized carbons (Fsp3) is 0.316. The molecule has 1 atom stereocenters. The highest BCUT2D eigenvalue weighted by molar-refractivity contribution is 5.89. The summed E-state index contributed by atoms with van der Waals surface area (Å²) in [6.45, 7) is 2.25. The molecule has 1 unspecified atom stereocenters. The van der Waals surface area contributed by atoms with Crippen LogP contribution in [0.1, 0.15) is 23.1 Å². The third-order valence-corrected chi connectivity index (χ3v) is 4.39. The number of aryl methyl sites for hydroxylation is 2. The Kier molecular flexibility index (Phi) is 4.35. The first-order valence-electron chi connectivity index (χ1n) is 7.95. The molecule has 4 nitrogen and oxygen atoms in total. The van der Waals surface area contributed by atoms with Gasteiger partial charge in [-0.15, -0.1) is 0 Å². The highest BCUT2D eigenvalue weighted by Crippen LogP contribution is 2.28. The first-order valence-corrected chi connectivity index (χ1v) is 7.95. The summed E-state index contributed by atoms with van der Waals surface area (Å²) in [5.74, 6) is 0. The Hall–Kier alpha value is -2.33. The van der Waals surface area contributed by atoms with Gasteiger partial charge in [0.05, 0.1) is 5.60 Å². The van der Waals surface area contributed by atoms with Crippen molar-refractivity contribution in [2.24, 2.45) is 0 Å². The van der Waals surface area contributed by atoms with Gasteiger partial charge in [-0.25, -0.2) is 4.79 Å². The lowest BCUT2D eigenvalue weighted by atomic mass is 9.80. The standard InChI is InChI=1S/C19H22N2O2/c1-14-6-8-17(9-7-14)21-18(22)20-13-19(23)11-10-15-4-2-3-5-16(15)12-19/h2-9,23H,10-13H2,1H3,(H2,20,21,22). The summed E-state index contributed by atoms with van der Waals surface area (Å²) in [6, 6.07) is 15.5. The van der Waals surface area contributed by atoms with Crippen molar-refractivity contribution in [2.45, 2.75) is 31.8 Å². The summed E-state index contributed by atoms with van der Waals surface area (Å²) in [5, 5.41) is 16.3. The Labute approximate surface area is 136 Å². The second-order valence-corrected chi connectivity index (χ2v) is 6.34. The van der Waals surface area contributed by atoms with Crippen LogP contribution >= 0.6 is 0 Å². The Morgan fingerprint density at radius 3 is 2.57 bits per heavy atom. The largest absolute Gasteiger partial charge is 0.388 e. The van der Waals surface area contributed by atoms with Gasteiger partial charge in [0.15, 0.2) is 0 Å². The van der Waals surface area contributed by atoms with E-state index in [1.165, 1.54) is 11.1 Å². The maximum absolute atomic E-state index is 12.0. The lowest BCUT2D eigenvalue weighted by Gasteiger charge is -2.33. The molecule has 1 aliphatic rings. The van der Waals surface area contributed by atoms with Crippen LogP contribution in [0.3, 0.4) is 0 Å². The van der Waals surface area contributed by atoms with Gasteiger partial charge in [0, 0.05) is 18.7 Å². The lowest BCUT2D eigenvalue weighted by Crippen LogP contribution is -2.47. The summed E-state index contributed by atoms with van der Waals surface area (Å²) in [5.41, 5.74) is 3.47. The van der Waals surface area contributed by atoms with Crippen molar-refractivity contribution < 1.29 is 9.90 Å². The SMILES string of the molecule is Cc1ccc(NC(=O)NCC2(O)CCc3ccccc3C2)cc1. The zero-order chi connectivity index (χ0) is 16.3. The zero-order valence-corrected chi connectivity index (χ0v) is 13.3. The molecule has 23 heavy (non-hydrogen) atoms. The molecule has 120 valence electrons. The molecule has 4 heteroatoms. The quantitative estimate of drug-likeness (QED) is 0.816. The number of rotatable bonds is 3. The Morgan fingerprint density at radius 2 is 1.83 bits per heavy atom. The molecule has 0 spiro atoms. The van der Waals surface area contributed by atoms with Gasteiger partial charge in [0.25, 0.3) is 0 Å². The van der Waals surface area contributed by atoms with Gasteiger partial charge in [-0.3, -0.25) is 0 Å². The van der Waals surface area contributed by atoms with Gasteiger partial charge in [0.2, 0.25) is 0 Å². The number of nitrogens with one attached hydrogen (secondary N) is 2. The fourth-order valence-electron chi connectivity index (χ4n) is 2.99. The van der Waals surface area contributed by atoms with Crippen LogP contribution < -0.4 is 10.6 Å². The van der Waals surface area contributed by atoms with Crippen LogP contribution in [0, 0.1) is 6.92 Å². The van der Waals surface area contributed by atoms with E-state index in [0.29, 0.717) is 12.8 Å². The van der Waals surface area contributed by atoms with Crippen molar-refractivity contribution >= 4 is 11.7 Å². The highest BCUT2D eigenvalue weighted by atomic mass is 16.3. The van der Waals surface area contributed by atoms with Crippen LogP contribution in [0.4, 0.5) is 10.5 Å². The highest BCUT2D eigenvalue weighted by Gasteiger charge is 2.32. The van der Waals surface area contributed by atoms with Crippen LogP contribution in [-0.2, 0) is 12.8 Å². The van der Waals surface area contributed by atoms with Gasteiger partial charge in [-0.05, 0) is 43.0 Å². The third kappa shape index (κ3) is 3.90. The molecule has 2 amide bonds. The molecule has 0 fully saturated rings. The molecule has 0 aliphatic heterocycles. The second-order valence-electron chi connectivity index (χ2n) is 6.34. The van der Waals surface area contributed by atoms with Crippen molar-refractivity contribution in [3.8, 4) is 0 Å². The smallest absolute Gasteiger partial charge is 0.319 e. The lowest BCUT2D eigenvalue weighted by molar-refractivity contribution is 0.0295. The zero-order valence-electron chi connectivity index (χ0n) is 13.3. The number of carbonyl (C=O) groups excluding carboxylic acids is 1. The average Bonchev–Trinajstić information content (AvgIpc) is 2.55. The number of hydrogen-bond donors (Lipinski definition) is 3. The Morgan fingerprint density at radius 1 is 1.13 bits per heavy atom. The summed E-state index contributed by atoms with van der Waals surface area (Å²) < 4.78 is 0. The number of anilines is 1. The van der Waals surface area contributed by atoms with Gasteiger partial charge >= 0.3 is 6.03 Å². The molecule has 0 bridgehead atoms. The minimum atomic E-state index is -0.876. The monoisotopic (exact) mass is 310 g/mol. The van der Waals surface area contributed by atoms with E-state index in [1.807, 2.05) is 49.4 Å². The molecule has 3 N–H and O–H groups in total. The molecule has 0 heterocycles. The first kappa shape index (κ1) is 15.6. The number of benzene rings is 2. The van der Waals surface area contributed by atoms with Crippen molar-refractivity contribution in [2.75, 3.05) is 11.9 Å². The van der Waals surface area contributed by atoms with E-state index in [9.17, 15) is 9.90 Å². The van der Waals surface area contributed by atoms with E-state index in [1.54, 1.807) is 0 Å². The number of carbonyl (C=O) groups is 1. The van der Waals surface area contributed by atoms with Crippen LogP contribution in [0.2, 0.25) is 0 Å². The number of urea groups is 1. The minimum Gasteiger partial charge on any atom is -0.388 e. The Bertz CT molecular complexity index is 697. The van der Waals surface area contributed by atoms with Crippen molar-refractivity contribution in [1.29, 1.82) is 0 Å². The van der Waals surface area contributed by atoms with Crippen LogP contribution in [-0.4, -0.2) is 23.3 Å². The molecule has 1 aliphatic carbocycles. The van der Waals surface area contributed by atoms with Crippen LogP contribution in [0.15, 0.2) is 48.5 Å². The molecule has 0 saturated heterocycles. The van der Waals surface area contributed by atoms with E-state index >= 15 is 0 Å². The number of fused-ring (bicyclic) bond motifs is 1. The number of hydrogen-bond acceptors (Lipinski definition) is 2. The number of amides is 2. The third-order valence-electron chi connectivity index (χ3n) is 4.39. The van der Waals surface area contributed by atoms with Gasteiger partial charge in [-0.1, -0.05) is 42.0 Å². The maximum atomic E-state index is 12.0. The van der Waals surface area contributed by atoms with Gasteiger partial charge < -0.3 is 15.7 Å². The molecule has 0 radical (unpaired) electrons. The van der Waals surface area contributed by atoms with Gasteiger partial charge in [-0.2, -0.15) is 0 Å². The van der Waals surface area contributed by atoms with Gasteiger partial charge in [0.1, 0.15) is 0 Å². The predicted molar refractivity (Wildman–Crippen MR) is 91.6 cm³/mol. The first-order chi connectivity index (χ1) is 11.0. The van der Waals surface area contributed by atoms with E-state index < -0.39 is 5.60 Å². The maximum Gasteiger partial charge on any atom is 0.319 e. The van der Waals surface area contributed by atoms with Crippen molar-refractivity contribution in [1.82, 2.24) is 5.32 Å². The predicted octanol–water partition coefficient (Wildman–Crippen LogP) is 3.04. The van der Waals surface area contributed by atoms with E-state index in [2.05, 4.69) is 16.7 Å². The summed E-state index contributed by atoms with van der Waals surface area (Å²) >= 11 is 0. The van der Waals surface area contributed by atoms with E-state index in [4.69, 9.17) is 0 Å². The average molecular weight is 310 g/mol. The molecule has 0 saturated carbocycles. The minimum absolute atomic E-state index is 0.249. The summed E-state index contributed by atoms with van der Waals surface area (Å²) in [6.07, 6.45) is 2.08. The summed E-state index contributed by atoms with van der Waals surface area (Å²) in [7, 11) is 0. The molecular formula is C19H22N2O2. The topological polar surface area (TPSA) is 61.4 Å². The molecule has 2 aromatic carbocycles. The summed E-state index contributed by atoms with van der Waals surface area (Å²) in [4.78, 5) is 12.0.